The van der Waals surface area contributed by atoms with E-state index < -0.39 is 0 Å². The number of carbonyl (C=O) groups excluding carboxylic acids is 1. The van der Waals surface area contributed by atoms with E-state index in [0.717, 1.165) is 12.0 Å². The highest BCUT2D eigenvalue weighted by Gasteiger charge is 2.36. The van der Waals surface area contributed by atoms with Crippen LogP contribution >= 0.6 is 24.0 Å². The van der Waals surface area contributed by atoms with Gasteiger partial charge in [-0.3, -0.25) is 9.69 Å². The van der Waals surface area contributed by atoms with Crippen molar-refractivity contribution >= 4 is 34.2 Å². The summed E-state index contributed by atoms with van der Waals surface area (Å²) in [5.41, 5.74) is 2.59. The second-order valence-electron chi connectivity index (χ2n) is 7.29. The average Bonchev–Trinajstić information content (AvgIpc) is 3.05. The molecule has 0 bridgehead atoms. The van der Waals surface area contributed by atoms with Gasteiger partial charge in [0, 0.05) is 12.1 Å². The zero-order valence-corrected chi connectivity index (χ0v) is 18.5. The maximum absolute atomic E-state index is 13.9. The number of para-hydroxylation sites is 1. The molecule has 1 aliphatic rings. The Balaban J connectivity index is 1.40. The molecule has 0 unspecified atom stereocenters. The molecule has 1 amide bonds. The molecule has 158 valence electrons. The van der Waals surface area contributed by atoms with Crippen LogP contribution in [-0.2, 0) is 24.2 Å². The average molecular weight is 452 g/mol. The smallest absolute Gasteiger partial charge is 0.241 e. The molecular weight excluding hydrogens is 429 g/mol. The molecule has 0 N–H and O–H groups in total. The van der Waals surface area contributed by atoms with E-state index in [4.69, 9.17) is 17.0 Å². The normalized spacial score (nSPS) is 16.0. The Labute approximate surface area is 191 Å². The van der Waals surface area contributed by atoms with Gasteiger partial charge in [-0.2, -0.15) is 0 Å². The first kappa shape index (κ1) is 21.5. The van der Waals surface area contributed by atoms with Gasteiger partial charge >= 0.3 is 0 Å². The molecule has 6 heteroatoms. The largest absolute Gasteiger partial charge is 0.489 e. The number of hydrogen-bond donors (Lipinski definition) is 0. The highest BCUT2D eigenvalue weighted by atomic mass is 32.2. The summed E-state index contributed by atoms with van der Waals surface area (Å²) in [4.78, 5) is 14.7. The van der Waals surface area contributed by atoms with E-state index in [-0.39, 0.29) is 23.6 Å². The fraction of sp³-hybridized carbons (Fsp3) is 0.200. The number of amides is 1. The molecule has 3 aromatic rings. The number of ether oxygens (including phenoxy) is 1. The number of benzene rings is 3. The van der Waals surface area contributed by atoms with Gasteiger partial charge in [0.1, 0.15) is 22.5 Å². The number of thioether (sulfide) groups is 1. The molecule has 3 nitrogen and oxygen atoms in total. The predicted octanol–water partition coefficient (Wildman–Crippen LogP) is 5.42. The van der Waals surface area contributed by atoms with Gasteiger partial charge in [0.15, 0.2) is 0 Å². The Morgan fingerprint density at radius 2 is 1.61 bits per heavy atom. The third-order valence-corrected chi connectivity index (χ3v) is 6.77. The first-order chi connectivity index (χ1) is 15.1. The molecule has 0 aliphatic carbocycles. The molecule has 0 saturated carbocycles. The number of nitrogens with zero attached hydrogens (tertiary/aromatic N) is 1. The summed E-state index contributed by atoms with van der Waals surface area (Å²) in [6, 6.07) is 24.2. The zero-order valence-electron chi connectivity index (χ0n) is 16.9. The Bertz CT molecular complexity index is 1070. The van der Waals surface area contributed by atoms with E-state index in [1.807, 2.05) is 42.5 Å². The fourth-order valence-electron chi connectivity index (χ4n) is 3.50. The molecule has 4 rings (SSSR count). The minimum Gasteiger partial charge on any atom is -0.489 e. The van der Waals surface area contributed by atoms with E-state index in [1.54, 1.807) is 23.1 Å². The maximum Gasteiger partial charge on any atom is 0.241 e. The summed E-state index contributed by atoms with van der Waals surface area (Å²) in [6.07, 6.45) is 1.28. The number of halogens is 1. The van der Waals surface area contributed by atoms with Crippen molar-refractivity contribution in [2.24, 2.45) is 0 Å². The molecule has 0 radical (unpaired) electrons. The van der Waals surface area contributed by atoms with Crippen molar-refractivity contribution in [2.45, 2.75) is 24.7 Å². The van der Waals surface area contributed by atoms with Gasteiger partial charge in [-0.25, -0.2) is 4.39 Å². The van der Waals surface area contributed by atoms with E-state index in [0.29, 0.717) is 28.6 Å². The number of rotatable bonds is 8. The summed E-state index contributed by atoms with van der Waals surface area (Å²) in [5.74, 6) is 0.406. The Morgan fingerprint density at radius 3 is 2.39 bits per heavy atom. The molecule has 1 fully saturated rings. The van der Waals surface area contributed by atoms with Gasteiger partial charge < -0.3 is 4.74 Å². The summed E-state index contributed by atoms with van der Waals surface area (Å²) < 4.78 is 20.4. The lowest BCUT2D eigenvalue weighted by Gasteiger charge is -2.16. The topological polar surface area (TPSA) is 29.5 Å². The standard InChI is InChI=1S/C25H22FNO2S2/c26-21-12-6-4-11-20(21)17-29-22-13-7-5-10-19(22)16-23-24(28)27(25(30)31-23)15-14-18-8-2-1-3-9-18/h1-13,23H,14-17H2/t23-/m1/s1. The monoisotopic (exact) mass is 451 g/mol. The van der Waals surface area contributed by atoms with E-state index >= 15 is 0 Å². The molecule has 1 aliphatic heterocycles. The van der Waals surface area contributed by atoms with E-state index in [2.05, 4.69) is 12.1 Å². The highest BCUT2D eigenvalue weighted by Crippen LogP contribution is 2.32. The summed E-state index contributed by atoms with van der Waals surface area (Å²) in [5, 5.41) is -0.276. The van der Waals surface area contributed by atoms with Crippen molar-refractivity contribution in [1.29, 1.82) is 0 Å². The lowest BCUT2D eigenvalue weighted by molar-refractivity contribution is -0.126. The quantitative estimate of drug-likeness (QED) is 0.428. The van der Waals surface area contributed by atoms with Gasteiger partial charge in [-0.05, 0) is 36.1 Å². The van der Waals surface area contributed by atoms with Crippen LogP contribution in [0.15, 0.2) is 78.9 Å². The molecule has 1 saturated heterocycles. The van der Waals surface area contributed by atoms with Crippen LogP contribution in [0.3, 0.4) is 0 Å². The van der Waals surface area contributed by atoms with Crippen LogP contribution in [0, 0.1) is 5.82 Å². The Hall–Kier alpha value is -2.70. The van der Waals surface area contributed by atoms with Crippen LogP contribution in [0.1, 0.15) is 16.7 Å². The SMILES string of the molecule is O=C1[C@@H](Cc2ccccc2OCc2ccccc2F)SC(=S)N1CCc1ccccc1. The van der Waals surface area contributed by atoms with Crippen LogP contribution in [0.25, 0.3) is 0 Å². The van der Waals surface area contributed by atoms with Crippen LogP contribution in [0.5, 0.6) is 5.75 Å². The Kier molecular flexibility index (Phi) is 6.99. The minimum absolute atomic E-state index is 0.0369. The highest BCUT2D eigenvalue weighted by molar-refractivity contribution is 8.24. The lowest BCUT2D eigenvalue weighted by atomic mass is 10.1. The van der Waals surface area contributed by atoms with Crippen molar-refractivity contribution < 1.29 is 13.9 Å². The maximum atomic E-state index is 13.9. The molecule has 0 spiro atoms. The molecule has 31 heavy (non-hydrogen) atoms. The van der Waals surface area contributed by atoms with Crippen molar-refractivity contribution in [3.63, 3.8) is 0 Å². The summed E-state index contributed by atoms with van der Waals surface area (Å²) in [6.45, 7) is 0.716. The van der Waals surface area contributed by atoms with Crippen molar-refractivity contribution in [3.05, 3.63) is 101 Å². The van der Waals surface area contributed by atoms with Crippen molar-refractivity contribution in [1.82, 2.24) is 4.90 Å². The Morgan fingerprint density at radius 1 is 0.935 bits per heavy atom. The number of thiocarbonyl (C=S) groups is 1. The van der Waals surface area contributed by atoms with Gasteiger partial charge in [-0.1, -0.05) is 90.7 Å². The molecule has 1 heterocycles. The van der Waals surface area contributed by atoms with Crippen molar-refractivity contribution in [2.75, 3.05) is 6.54 Å². The molecule has 0 aromatic heterocycles. The van der Waals surface area contributed by atoms with E-state index in [1.165, 1.54) is 23.4 Å². The number of carbonyl (C=O) groups is 1. The van der Waals surface area contributed by atoms with Gasteiger partial charge in [0.25, 0.3) is 0 Å². The summed E-state index contributed by atoms with van der Waals surface area (Å²) >= 11 is 6.91. The molecular formula is C25H22FNO2S2. The zero-order chi connectivity index (χ0) is 21.6. The van der Waals surface area contributed by atoms with Crippen LogP contribution < -0.4 is 4.74 Å². The fourth-order valence-corrected chi connectivity index (χ4v) is 5.07. The van der Waals surface area contributed by atoms with E-state index in [9.17, 15) is 9.18 Å². The van der Waals surface area contributed by atoms with Gasteiger partial charge in [0.2, 0.25) is 5.91 Å². The number of hydrogen-bond acceptors (Lipinski definition) is 4. The first-order valence-electron chi connectivity index (χ1n) is 10.1. The van der Waals surface area contributed by atoms with Gasteiger partial charge in [0.05, 0.1) is 5.25 Å². The third kappa shape index (κ3) is 5.32. The van der Waals surface area contributed by atoms with Crippen LogP contribution in [-0.4, -0.2) is 26.9 Å². The predicted molar refractivity (Wildman–Crippen MR) is 127 cm³/mol. The lowest BCUT2D eigenvalue weighted by Crippen LogP contribution is -2.33. The van der Waals surface area contributed by atoms with Crippen LogP contribution in [0.2, 0.25) is 0 Å². The first-order valence-corrected chi connectivity index (χ1v) is 11.4. The van der Waals surface area contributed by atoms with Crippen LogP contribution in [0.4, 0.5) is 4.39 Å². The third-order valence-electron chi connectivity index (χ3n) is 5.19. The van der Waals surface area contributed by atoms with Crippen molar-refractivity contribution in [3.8, 4) is 5.75 Å². The summed E-state index contributed by atoms with van der Waals surface area (Å²) in [7, 11) is 0. The minimum atomic E-state index is -0.291. The second kappa shape index (κ2) is 10.1. The van der Waals surface area contributed by atoms with Gasteiger partial charge in [-0.15, -0.1) is 0 Å². The molecule has 3 aromatic carbocycles. The molecule has 1 atom stereocenters. The second-order valence-corrected chi connectivity index (χ2v) is 9.13.